The van der Waals surface area contributed by atoms with Crippen molar-refractivity contribution in [3.63, 3.8) is 0 Å². The maximum Gasteiger partial charge on any atom is 0.254 e. The van der Waals surface area contributed by atoms with E-state index in [1.165, 1.54) is 11.6 Å². The Bertz CT molecular complexity index is 1010. The van der Waals surface area contributed by atoms with Gasteiger partial charge in [-0.2, -0.15) is 5.10 Å². The Morgan fingerprint density at radius 3 is 2.68 bits per heavy atom. The molecule has 1 aliphatic rings. The highest BCUT2D eigenvalue weighted by molar-refractivity contribution is 5.94. The maximum absolute atomic E-state index is 12.8. The van der Waals surface area contributed by atoms with Crippen LogP contribution in [0.1, 0.15) is 34.5 Å². The molecule has 0 bridgehead atoms. The molecule has 0 atom stereocenters. The van der Waals surface area contributed by atoms with Gasteiger partial charge in [0.05, 0.1) is 6.54 Å². The van der Waals surface area contributed by atoms with Crippen molar-refractivity contribution in [3.05, 3.63) is 81.8 Å². The summed E-state index contributed by atoms with van der Waals surface area (Å²) in [4.78, 5) is 31.3. The molecule has 0 fully saturated rings. The average Bonchev–Trinajstić information content (AvgIpc) is 2.99. The molecule has 2 aromatic heterocycles. The van der Waals surface area contributed by atoms with Crippen molar-refractivity contribution in [2.45, 2.75) is 32.9 Å². The predicted octanol–water partition coefficient (Wildman–Crippen LogP) is 1.75. The average molecular weight is 377 g/mol. The van der Waals surface area contributed by atoms with Crippen LogP contribution in [0, 0.1) is 0 Å². The number of aryl methyl sites for hydroxylation is 1. The fourth-order valence-electron chi connectivity index (χ4n) is 3.49. The van der Waals surface area contributed by atoms with Crippen LogP contribution in [0.15, 0.2) is 53.5 Å². The van der Waals surface area contributed by atoms with E-state index in [2.05, 4.69) is 22.2 Å². The minimum atomic E-state index is -0.150. The third kappa shape index (κ3) is 3.74. The molecule has 1 amide bonds. The number of hydrogen-bond donors (Lipinski definition) is 0. The Labute approximate surface area is 163 Å². The van der Waals surface area contributed by atoms with E-state index in [1.54, 1.807) is 21.7 Å². The van der Waals surface area contributed by atoms with Gasteiger partial charge in [0.25, 0.3) is 11.5 Å². The summed E-state index contributed by atoms with van der Waals surface area (Å²) in [5.41, 5.74) is 1.47. The second-order valence-electron chi connectivity index (χ2n) is 6.91. The lowest BCUT2D eigenvalue weighted by Crippen LogP contribution is -2.34. The Kier molecular flexibility index (Phi) is 5.06. The lowest BCUT2D eigenvalue weighted by molar-refractivity contribution is 0.0758. The smallest absolute Gasteiger partial charge is 0.254 e. The standard InChI is InChI=1S/C21H23N5O2/c1-2-24-10-8-17(15-20(24)27)21(28)25-11-9-19-22-18(23-26(19)13-12-25)14-16-6-4-3-5-7-16/h3-8,10,15H,2,9,11-14H2,1H3. The predicted molar refractivity (Wildman–Crippen MR) is 105 cm³/mol. The summed E-state index contributed by atoms with van der Waals surface area (Å²) < 4.78 is 3.48. The first-order chi connectivity index (χ1) is 13.6. The molecule has 144 valence electrons. The first kappa shape index (κ1) is 18.2. The number of aromatic nitrogens is 4. The number of carbonyl (C=O) groups is 1. The van der Waals surface area contributed by atoms with E-state index in [1.807, 2.05) is 29.8 Å². The molecule has 0 unspecified atom stereocenters. The summed E-state index contributed by atoms with van der Waals surface area (Å²) in [7, 11) is 0. The Morgan fingerprint density at radius 2 is 1.93 bits per heavy atom. The highest BCUT2D eigenvalue weighted by Crippen LogP contribution is 2.12. The normalized spacial score (nSPS) is 13.8. The summed E-state index contributed by atoms with van der Waals surface area (Å²) in [5, 5.41) is 4.62. The van der Waals surface area contributed by atoms with E-state index >= 15 is 0 Å². The van der Waals surface area contributed by atoms with Gasteiger partial charge in [-0.1, -0.05) is 30.3 Å². The molecule has 0 saturated heterocycles. The molecule has 7 heteroatoms. The van der Waals surface area contributed by atoms with Gasteiger partial charge in [0.1, 0.15) is 5.82 Å². The molecule has 0 spiro atoms. The minimum Gasteiger partial charge on any atom is -0.336 e. The second-order valence-corrected chi connectivity index (χ2v) is 6.91. The molecule has 4 rings (SSSR count). The van der Waals surface area contributed by atoms with E-state index in [4.69, 9.17) is 0 Å². The first-order valence-corrected chi connectivity index (χ1v) is 9.60. The monoisotopic (exact) mass is 377 g/mol. The van der Waals surface area contributed by atoms with Crippen molar-refractivity contribution >= 4 is 5.91 Å². The van der Waals surface area contributed by atoms with Crippen LogP contribution in [0.3, 0.4) is 0 Å². The zero-order valence-electron chi connectivity index (χ0n) is 15.9. The van der Waals surface area contributed by atoms with Crippen molar-refractivity contribution in [1.29, 1.82) is 0 Å². The number of nitrogens with zero attached hydrogens (tertiary/aromatic N) is 5. The topological polar surface area (TPSA) is 73.0 Å². The molecule has 1 aromatic carbocycles. The molecule has 0 radical (unpaired) electrons. The van der Waals surface area contributed by atoms with Crippen LogP contribution in [-0.2, 0) is 25.9 Å². The van der Waals surface area contributed by atoms with Crippen molar-refractivity contribution in [1.82, 2.24) is 24.2 Å². The van der Waals surface area contributed by atoms with Crippen molar-refractivity contribution in [2.75, 3.05) is 13.1 Å². The van der Waals surface area contributed by atoms with Gasteiger partial charge in [-0.3, -0.25) is 9.59 Å². The van der Waals surface area contributed by atoms with Crippen LogP contribution >= 0.6 is 0 Å². The third-order valence-electron chi connectivity index (χ3n) is 5.06. The van der Waals surface area contributed by atoms with Gasteiger partial charge in [0.15, 0.2) is 5.82 Å². The molecular weight excluding hydrogens is 354 g/mol. The molecule has 0 aliphatic carbocycles. The van der Waals surface area contributed by atoms with Crippen molar-refractivity contribution in [3.8, 4) is 0 Å². The van der Waals surface area contributed by atoms with Crippen molar-refractivity contribution in [2.24, 2.45) is 0 Å². The maximum atomic E-state index is 12.8. The van der Waals surface area contributed by atoms with Crippen LogP contribution in [-0.4, -0.2) is 43.2 Å². The first-order valence-electron chi connectivity index (χ1n) is 9.60. The molecular formula is C21H23N5O2. The number of benzene rings is 1. The summed E-state index contributed by atoms with van der Waals surface area (Å²) >= 11 is 0. The Morgan fingerprint density at radius 1 is 1.11 bits per heavy atom. The zero-order valence-corrected chi connectivity index (χ0v) is 15.9. The van der Waals surface area contributed by atoms with Gasteiger partial charge in [0, 0.05) is 50.3 Å². The van der Waals surface area contributed by atoms with Gasteiger partial charge < -0.3 is 9.47 Å². The van der Waals surface area contributed by atoms with Gasteiger partial charge >= 0.3 is 0 Å². The van der Waals surface area contributed by atoms with E-state index in [0.29, 0.717) is 44.6 Å². The molecule has 28 heavy (non-hydrogen) atoms. The lowest BCUT2D eigenvalue weighted by Gasteiger charge is -2.20. The van der Waals surface area contributed by atoms with Gasteiger partial charge in [0.2, 0.25) is 0 Å². The Balaban J connectivity index is 1.45. The number of amides is 1. The lowest BCUT2D eigenvalue weighted by atomic mass is 10.1. The summed E-state index contributed by atoms with van der Waals surface area (Å²) in [5.74, 6) is 1.60. The molecule has 1 aliphatic heterocycles. The van der Waals surface area contributed by atoms with Crippen molar-refractivity contribution < 1.29 is 4.79 Å². The van der Waals surface area contributed by atoms with Gasteiger partial charge in [-0.05, 0) is 18.6 Å². The minimum absolute atomic E-state index is 0.115. The molecule has 0 saturated carbocycles. The van der Waals surface area contributed by atoms with Crippen LogP contribution in [0.4, 0.5) is 0 Å². The number of pyridine rings is 1. The highest BCUT2D eigenvalue weighted by atomic mass is 16.2. The molecule has 7 nitrogen and oxygen atoms in total. The number of hydrogen-bond acceptors (Lipinski definition) is 4. The van der Waals surface area contributed by atoms with E-state index in [-0.39, 0.29) is 11.5 Å². The highest BCUT2D eigenvalue weighted by Gasteiger charge is 2.22. The summed E-state index contributed by atoms with van der Waals surface area (Å²) in [6, 6.07) is 13.3. The van der Waals surface area contributed by atoms with Gasteiger partial charge in [-0.25, -0.2) is 9.67 Å². The van der Waals surface area contributed by atoms with E-state index in [0.717, 1.165) is 11.6 Å². The van der Waals surface area contributed by atoms with Gasteiger partial charge in [-0.15, -0.1) is 0 Å². The van der Waals surface area contributed by atoms with Crippen LogP contribution in [0.25, 0.3) is 0 Å². The van der Waals surface area contributed by atoms with Crippen LogP contribution < -0.4 is 5.56 Å². The quantitative estimate of drug-likeness (QED) is 0.694. The molecule has 3 aromatic rings. The Hall–Kier alpha value is -3.22. The number of carbonyl (C=O) groups excluding carboxylic acids is 1. The van der Waals surface area contributed by atoms with E-state index < -0.39 is 0 Å². The SMILES string of the molecule is CCn1ccc(C(=O)N2CCc3nc(Cc4ccccc4)nn3CC2)cc1=O. The third-order valence-corrected chi connectivity index (χ3v) is 5.06. The number of fused-ring (bicyclic) bond motifs is 1. The molecule has 0 N–H and O–H groups in total. The fourth-order valence-corrected chi connectivity index (χ4v) is 3.49. The molecule has 3 heterocycles. The van der Waals surface area contributed by atoms with Crippen LogP contribution in [0.2, 0.25) is 0 Å². The van der Waals surface area contributed by atoms with E-state index in [9.17, 15) is 9.59 Å². The fraction of sp³-hybridized carbons (Fsp3) is 0.333. The number of rotatable bonds is 4. The largest absolute Gasteiger partial charge is 0.336 e. The second kappa shape index (κ2) is 7.80. The zero-order chi connectivity index (χ0) is 19.5. The van der Waals surface area contributed by atoms with Crippen LogP contribution in [0.5, 0.6) is 0 Å². The summed E-state index contributed by atoms with van der Waals surface area (Å²) in [6.45, 7) is 4.22. The summed E-state index contributed by atoms with van der Waals surface area (Å²) in [6.07, 6.45) is 3.03.